The maximum absolute atomic E-state index is 5.44. The molecule has 1 unspecified atom stereocenters. The molecule has 176 valence electrons. The fourth-order valence-electron chi connectivity index (χ4n) is 3.87. The minimum absolute atomic E-state index is 0. The third-order valence-electron chi connectivity index (χ3n) is 5.89. The van der Waals surface area contributed by atoms with Gasteiger partial charge in [0, 0.05) is 58.6 Å². The summed E-state index contributed by atoms with van der Waals surface area (Å²) in [6, 6.07) is 6.37. The largest absolute Gasteiger partial charge is 0.379 e. The average molecular weight is 555 g/mol. The molecule has 2 aliphatic rings. The first-order valence-corrected chi connectivity index (χ1v) is 11.0. The predicted octanol–water partition coefficient (Wildman–Crippen LogP) is 0.783. The van der Waals surface area contributed by atoms with Crippen LogP contribution in [0.3, 0.4) is 0 Å². The molecule has 2 aromatic rings. The lowest BCUT2D eigenvalue weighted by atomic mass is 10.3. The van der Waals surface area contributed by atoms with E-state index in [-0.39, 0.29) is 24.0 Å². The highest BCUT2D eigenvalue weighted by molar-refractivity contribution is 14.0. The first-order chi connectivity index (χ1) is 15.2. The Hall–Kier alpha value is -1.99. The van der Waals surface area contributed by atoms with E-state index in [1.807, 2.05) is 36.9 Å². The first-order valence-electron chi connectivity index (χ1n) is 11.0. The molecule has 0 radical (unpaired) electrons. The van der Waals surface area contributed by atoms with Crippen molar-refractivity contribution < 1.29 is 4.74 Å². The minimum Gasteiger partial charge on any atom is -0.379 e. The smallest absolute Gasteiger partial charge is 0.192 e. The number of hydrogen-bond acceptors (Lipinski definition) is 7. The summed E-state index contributed by atoms with van der Waals surface area (Å²) in [5, 5.41) is 15.5. The number of guanidine groups is 1. The van der Waals surface area contributed by atoms with Crippen LogP contribution in [0.25, 0.3) is 0 Å². The third-order valence-corrected chi connectivity index (χ3v) is 5.89. The number of rotatable bonds is 7. The van der Waals surface area contributed by atoms with Crippen molar-refractivity contribution in [3.05, 3.63) is 36.0 Å². The second kappa shape index (κ2) is 12.3. The zero-order chi connectivity index (χ0) is 21.5. The summed E-state index contributed by atoms with van der Waals surface area (Å²) in [4.78, 5) is 14.0. The Morgan fingerprint density at radius 3 is 2.78 bits per heavy atom. The maximum atomic E-state index is 5.44. The lowest BCUT2D eigenvalue weighted by Gasteiger charge is -2.27. The van der Waals surface area contributed by atoms with Gasteiger partial charge < -0.3 is 24.8 Å². The van der Waals surface area contributed by atoms with E-state index in [1.165, 1.54) is 0 Å². The van der Waals surface area contributed by atoms with Crippen LogP contribution in [0.2, 0.25) is 0 Å². The van der Waals surface area contributed by atoms with Crippen LogP contribution in [0.1, 0.15) is 18.1 Å². The van der Waals surface area contributed by atoms with Crippen molar-refractivity contribution in [1.82, 2.24) is 35.3 Å². The maximum Gasteiger partial charge on any atom is 0.192 e. The summed E-state index contributed by atoms with van der Waals surface area (Å²) in [6.45, 7) is 9.74. The molecular formula is C21H34IN9O. The van der Waals surface area contributed by atoms with Crippen LogP contribution in [0.15, 0.2) is 29.4 Å². The topological polar surface area (TPSA) is 95.7 Å². The van der Waals surface area contributed by atoms with Gasteiger partial charge in [0.15, 0.2) is 11.8 Å². The van der Waals surface area contributed by atoms with Crippen molar-refractivity contribution in [3.8, 4) is 0 Å². The van der Waals surface area contributed by atoms with E-state index in [1.54, 1.807) is 0 Å². The van der Waals surface area contributed by atoms with Gasteiger partial charge in [0.25, 0.3) is 0 Å². The number of pyridine rings is 1. The van der Waals surface area contributed by atoms with Crippen molar-refractivity contribution >= 4 is 35.8 Å². The van der Waals surface area contributed by atoms with E-state index in [2.05, 4.69) is 41.7 Å². The molecule has 2 aromatic heterocycles. The fraction of sp³-hybridized carbons (Fsp3) is 0.619. The van der Waals surface area contributed by atoms with Crippen LogP contribution in [0.4, 0.5) is 5.82 Å². The second-order valence-electron chi connectivity index (χ2n) is 8.03. The van der Waals surface area contributed by atoms with Crippen molar-refractivity contribution in [2.45, 2.75) is 25.9 Å². The lowest BCUT2D eigenvalue weighted by Crippen LogP contribution is -2.47. The molecule has 0 bridgehead atoms. The molecule has 0 amide bonds. The normalized spacial score (nSPS) is 19.6. The highest BCUT2D eigenvalue weighted by Gasteiger charge is 2.24. The highest BCUT2D eigenvalue weighted by atomic mass is 127. The molecule has 0 aromatic carbocycles. The fourth-order valence-corrected chi connectivity index (χ4v) is 3.87. The Morgan fingerprint density at radius 2 is 2.06 bits per heavy atom. The van der Waals surface area contributed by atoms with Crippen LogP contribution >= 0.6 is 24.0 Å². The molecule has 10 nitrogen and oxygen atoms in total. The van der Waals surface area contributed by atoms with E-state index in [9.17, 15) is 0 Å². The second-order valence-corrected chi connectivity index (χ2v) is 8.03. The molecule has 32 heavy (non-hydrogen) atoms. The Balaban J connectivity index is 0.00000289. The predicted molar refractivity (Wildman–Crippen MR) is 136 cm³/mol. The van der Waals surface area contributed by atoms with Crippen LogP contribution in [0.5, 0.6) is 0 Å². The molecule has 4 heterocycles. The monoisotopic (exact) mass is 555 g/mol. The van der Waals surface area contributed by atoms with Gasteiger partial charge in [0.2, 0.25) is 0 Å². The Labute approximate surface area is 206 Å². The van der Waals surface area contributed by atoms with Crippen LogP contribution < -0.4 is 15.5 Å². The number of ether oxygens (including phenoxy) is 1. The van der Waals surface area contributed by atoms with Gasteiger partial charge in [-0.25, -0.2) is 9.98 Å². The number of anilines is 1. The molecule has 1 atom stereocenters. The average Bonchev–Trinajstić information content (AvgIpc) is 3.40. The van der Waals surface area contributed by atoms with Crippen molar-refractivity contribution in [3.63, 3.8) is 0 Å². The number of morpholine rings is 1. The number of aliphatic imine (C=N–C) groups is 1. The highest BCUT2D eigenvalue weighted by Crippen LogP contribution is 2.17. The number of aromatic nitrogens is 4. The van der Waals surface area contributed by atoms with Crippen LogP contribution in [0, 0.1) is 6.92 Å². The number of aryl methyl sites for hydroxylation is 1. The van der Waals surface area contributed by atoms with Gasteiger partial charge in [0.1, 0.15) is 18.2 Å². The van der Waals surface area contributed by atoms with E-state index in [4.69, 9.17) is 9.73 Å². The van der Waals surface area contributed by atoms with Gasteiger partial charge in [-0.15, -0.1) is 34.2 Å². The summed E-state index contributed by atoms with van der Waals surface area (Å²) in [7, 11) is 1.97. The van der Waals surface area contributed by atoms with Gasteiger partial charge >= 0.3 is 0 Å². The minimum atomic E-state index is 0. The zero-order valence-corrected chi connectivity index (χ0v) is 21.2. The van der Waals surface area contributed by atoms with E-state index in [0.29, 0.717) is 12.6 Å². The summed E-state index contributed by atoms with van der Waals surface area (Å²) in [5.74, 6) is 3.59. The Bertz CT molecular complexity index is 854. The quantitative estimate of drug-likeness (QED) is 0.294. The molecule has 2 fully saturated rings. The zero-order valence-electron chi connectivity index (χ0n) is 18.9. The molecule has 2 saturated heterocycles. The number of hydrogen-bond donors (Lipinski definition) is 2. The first kappa shape index (κ1) is 24.6. The van der Waals surface area contributed by atoms with Crippen molar-refractivity contribution in [2.24, 2.45) is 12.0 Å². The molecule has 0 saturated carbocycles. The van der Waals surface area contributed by atoms with Crippen molar-refractivity contribution in [1.29, 1.82) is 0 Å². The standard InChI is InChI=1S/C21H33N9O.HI/c1-17-26-27-20(28(17)2)15-24-21(23-8-10-29-11-13-31-14-12-29)25-18-6-9-30(16-18)19-5-3-4-7-22-19;/h3-5,7,18H,6,8-16H2,1-2H3,(H2,23,24,25);1H. The van der Waals surface area contributed by atoms with Gasteiger partial charge in [0.05, 0.1) is 13.2 Å². The number of nitrogens with zero attached hydrogens (tertiary/aromatic N) is 7. The Morgan fingerprint density at radius 1 is 1.22 bits per heavy atom. The molecule has 2 aliphatic heterocycles. The van der Waals surface area contributed by atoms with Gasteiger partial charge in [-0.2, -0.15) is 0 Å². The number of halogens is 1. The van der Waals surface area contributed by atoms with Crippen molar-refractivity contribution in [2.75, 3.05) is 57.4 Å². The number of nitrogens with one attached hydrogen (secondary N) is 2. The summed E-state index contributed by atoms with van der Waals surface area (Å²) in [5.41, 5.74) is 0. The Kier molecular flexibility index (Phi) is 9.48. The summed E-state index contributed by atoms with van der Waals surface area (Å²) >= 11 is 0. The van der Waals surface area contributed by atoms with Gasteiger partial charge in [-0.1, -0.05) is 6.07 Å². The molecule has 4 rings (SSSR count). The molecule has 11 heteroatoms. The van der Waals surface area contributed by atoms with Gasteiger partial charge in [-0.3, -0.25) is 4.90 Å². The van der Waals surface area contributed by atoms with E-state index < -0.39 is 0 Å². The molecular weight excluding hydrogens is 521 g/mol. The van der Waals surface area contributed by atoms with Gasteiger partial charge in [-0.05, 0) is 25.5 Å². The summed E-state index contributed by atoms with van der Waals surface area (Å²) in [6.07, 6.45) is 2.89. The van der Waals surface area contributed by atoms with Crippen LogP contribution in [-0.4, -0.2) is 89.1 Å². The molecule has 0 spiro atoms. The summed E-state index contributed by atoms with van der Waals surface area (Å²) < 4.78 is 7.42. The van der Waals surface area contributed by atoms with E-state index in [0.717, 1.165) is 82.3 Å². The lowest BCUT2D eigenvalue weighted by molar-refractivity contribution is 0.0389. The molecule has 0 aliphatic carbocycles. The third kappa shape index (κ3) is 6.75. The van der Waals surface area contributed by atoms with Crippen LogP contribution in [-0.2, 0) is 18.3 Å². The van der Waals surface area contributed by atoms with E-state index >= 15 is 0 Å². The molecule has 2 N–H and O–H groups in total. The SMILES string of the molecule is Cc1nnc(CN=C(NCCN2CCOCC2)NC2CCN(c3ccccn3)C2)n1C.I.